The summed E-state index contributed by atoms with van der Waals surface area (Å²) >= 11 is 12.2. The fourth-order valence-corrected chi connectivity index (χ4v) is 4.45. The number of hydrogen-bond donors (Lipinski definition) is 1. The molecule has 9 heteroatoms. The van der Waals surface area contributed by atoms with Gasteiger partial charge in [0, 0.05) is 10.7 Å². The van der Waals surface area contributed by atoms with E-state index in [2.05, 4.69) is 5.32 Å². The van der Waals surface area contributed by atoms with Gasteiger partial charge in [-0.05, 0) is 54.6 Å². The molecule has 0 saturated heterocycles. The number of carbonyl (C=O) groups is 1. The van der Waals surface area contributed by atoms with Crippen LogP contribution < -0.4 is 9.62 Å². The number of amides is 1. The Morgan fingerprint density at radius 1 is 0.966 bits per heavy atom. The van der Waals surface area contributed by atoms with Crippen LogP contribution in [0.4, 0.5) is 15.8 Å². The summed E-state index contributed by atoms with van der Waals surface area (Å²) in [5.41, 5.74) is 0.392. The van der Waals surface area contributed by atoms with E-state index in [-0.39, 0.29) is 20.6 Å². The van der Waals surface area contributed by atoms with Crippen molar-refractivity contribution in [1.29, 1.82) is 0 Å². The molecular weight excluding hydrogens is 438 g/mol. The molecule has 0 radical (unpaired) electrons. The number of sulfonamides is 1. The minimum absolute atomic E-state index is 0.00868. The quantitative estimate of drug-likeness (QED) is 0.574. The molecular formula is C20H15Cl2FN2O3S. The molecule has 0 fully saturated rings. The Balaban J connectivity index is 1.98. The van der Waals surface area contributed by atoms with E-state index in [4.69, 9.17) is 23.2 Å². The van der Waals surface area contributed by atoms with Crippen LogP contribution in [0.1, 0.15) is 0 Å². The molecule has 0 aliphatic heterocycles. The molecule has 3 aromatic carbocycles. The summed E-state index contributed by atoms with van der Waals surface area (Å²) in [4.78, 5) is 12.6. The lowest BCUT2D eigenvalue weighted by Crippen LogP contribution is -2.38. The van der Waals surface area contributed by atoms with Gasteiger partial charge in [0.25, 0.3) is 10.0 Å². The Morgan fingerprint density at radius 3 is 2.28 bits per heavy atom. The zero-order valence-electron chi connectivity index (χ0n) is 14.8. The molecule has 0 aliphatic carbocycles. The molecule has 0 aliphatic rings. The fraction of sp³-hybridized carbons (Fsp3) is 0.0500. The summed E-state index contributed by atoms with van der Waals surface area (Å²) in [6.07, 6.45) is 0. The summed E-state index contributed by atoms with van der Waals surface area (Å²) < 4.78 is 40.4. The van der Waals surface area contributed by atoms with E-state index in [1.54, 1.807) is 18.2 Å². The normalized spacial score (nSPS) is 11.1. The third-order valence-electron chi connectivity index (χ3n) is 3.92. The van der Waals surface area contributed by atoms with Crippen molar-refractivity contribution in [3.05, 3.63) is 88.7 Å². The molecule has 0 aromatic heterocycles. The Hall–Kier alpha value is -2.61. The van der Waals surface area contributed by atoms with Crippen LogP contribution in [0.25, 0.3) is 0 Å². The number of benzene rings is 3. The number of carbonyl (C=O) groups excluding carboxylic acids is 1. The topological polar surface area (TPSA) is 66.5 Å². The van der Waals surface area contributed by atoms with Crippen molar-refractivity contribution >= 4 is 50.5 Å². The van der Waals surface area contributed by atoms with Crippen molar-refractivity contribution in [1.82, 2.24) is 0 Å². The first kappa shape index (κ1) is 21.1. The largest absolute Gasteiger partial charge is 0.325 e. The van der Waals surface area contributed by atoms with Crippen LogP contribution >= 0.6 is 23.2 Å². The predicted octanol–water partition coefficient (Wildman–Crippen LogP) is 4.97. The maximum absolute atomic E-state index is 13.2. The molecule has 1 amide bonds. The average Bonchev–Trinajstić information content (AvgIpc) is 2.70. The van der Waals surface area contributed by atoms with E-state index in [9.17, 15) is 17.6 Å². The molecule has 29 heavy (non-hydrogen) atoms. The molecule has 0 heterocycles. The first-order valence-electron chi connectivity index (χ1n) is 8.35. The van der Waals surface area contributed by atoms with Crippen molar-refractivity contribution in [3.63, 3.8) is 0 Å². The summed E-state index contributed by atoms with van der Waals surface area (Å²) in [6.45, 7) is -0.561. The van der Waals surface area contributed by atoms with Crippen LogP contribution in [0.15, 0.2) is 77.7 Å². The number of nitrogens with zero attached hydrogens (tertiary/aromatic N) is 1. The van der Waals surface area contributed by atoms with Gasteiger partial charge in [-0.25, -0.2) is 12.8 Å². The third-order valence-corrected chi connectivity index (χ3v) is 6.25. The predicted molar refractivity (Wildman–Crippen MR) is 112 cm³/mol. The number of rotatable bonds is 6. The first-order valence-corrected chi connectivity index (χ1v) is 10.6. The Kier molecular flexibility index (Phi) is 6.42. The Labute approximate surface area is 177 Å². The molecule has 1 N–H and O–H groups in total. The van der Waals surface area contributed by atoms with Gasteiger partial charge in [-0.1, -0.05) is 41.4 Å². The lowest BCUT2D eigenvalue weighted by Gasteiger charge is -2.25. The maximum atomic E-state index is 13.2. The van der Waals surface area contributed by atoms with Gasteiger partial charge in [0.15, 0.2) is 0 Å². The second kappa shape index (κ2) is 8.82. The van der Waals surface area contributed by atoms with Crippen LogP contribution in [-0.2, 0) is 14.8 Å². The van der Waals surface area contributed by atoms with E-state index in [0.717, 1.165) is 4.31 Å². The van der Waals surface area contributed by atoms with Crippen molar-refractivity contribution in [2.45, 2.75) is 4.90 Å². The smallest absolute Gasteiger partial charge is 0.264 e. The van der Waals surface area contributed by atoms with E-state index >= 15 is 0 Å². The van der Waals surface area contributed by atoms with E-state index in [1.165, 1.54) is 54.6 Å². The second-order valence-electron chi connectivity index (χ2n) is 5.98. The van der Waals surface area contributed by atoms with Gasteiger partial charge >= 0.3 is 0 Å². The number of nitrogens with one attached hydrogen (secondary N) is 1. The summed E-state index contributed by atoms with van der Waals surface area (Å²) in [7, 11) is -4.12. The molecule has 3 rings (SSSR count). The maximum Gasteiger partial charge on any atom is 0.264 e. The molecule has 0 spiro atoms. The van der Waals surface area contributed by atoms with Crippen molar-refractivity contribution in [3.8, 4) is 0 Å². The van der Waals surface area contributed by atoms with E-state index in [0.29, 0.717) is 5.69 Å². The zero-order valence-corrected chi connectivity index (χ0v) is 17.2. The van der Waals surface area contributed by atoms with Crippen molar-refractivity contribution in [2.24, 2.45) is 0 Å². The van der Waals surface area contributed by atoms with Gasteiger partial charge in [-0.3, -0.25) is 9.10 Å². The summed E-state index contributed by atoms with van der Waals surface area (Å²) in [5.74, 6) is -1.09. The van der Waals surface area contributed by atoms with Gasteiger partial charge in [0.1, 0.15) is 12.4 Å². The van der Waals surface area contributed by atoms with Gasteiger partial charge in [-0.15, -0.1) is 0 Å². The average molecular weight is 453 g/mol. The first-order chi connectivity index (χ1) is 13.8. The van der Waals surface area contributed by atoms with Crippen molar-refractivity contribution in [2.75, 3.05) is 16.2 Å². The molecule has 0 unspecified atom stereocenters. The van der Waals surface area contributed by atoms with Crippen LogP contribution in [0.5, 0.6) is 0 Å². The van der Waals surface area contributed by atoms with Gasteiger partial charge in [0.2, 0.25) is 5.91 Å². The number of anilines is 2. The molecule has 0 atom stereocenters. The molecule has 150 valence electrons. The lowest BCUT2D eigenvalue weighted by molar-refractivity contribution is -0.114. The highest BCUT2D eigenvalue weighted by atomic mass is 35.5. The second-order valence-corrected chi connectivity index (χ2v) is 8.68. The van der Waals surface area contributed by atoms with Gasteiger partial charge < -0.3 is 5.32 Å². The monoisotopic (exact) mass is 452 g/mol. The van der Waals surface area contributed by atoms with Crippen LogP contribution in [0.2, 0.25) is 10.0 Å². The molecule has 3 aromatic rings. The lowest BCUT2D eigenvalue weighted by atomic mass is 10.3. The highest BCUT2D eigenvalue weighted by Crippen LogP contribution is 2.33. The Morgan fingerprint density at radius 2 is 1.62 bits per heavy atom. The fourth-order valence-electron chi connectivity index (χ4n) is 2.56. The van der Waals surface area contributed by atoms with Crippen LogP contribution in [-0.4, -0.2) is 20.9 Å². The highest BCUT2D eigenvalue weighted by molar-refractivity contribution is 7.92. The number of hydrogen-bond acceptors (Lipinski definition) is 3. The van der Waals surface area contributed by atoms with Crippen LogP contribution in [0, 0.1) is 5.82 Å². The van der Waals surface area contributed by atoms with Crippen molar-refractivity contribution < 1.29 is 17.6 Å². The zero-order chi connectivity index (χ0) is 21.0. The van der Waals surface area contributed by atoms with E-state index in [1.807, 2.05) is 0 Å². The summed E-state index contributed by atoms with van der Waals surface area (Å²) in [5, 5.41) is 2.91. The summed E-state index contributed by atoms with van der Waals surface area (Å²) in [6, 6.07) is 17.1. The molecule has 5 nitrogen and oxygen atoms in total. The Bertz CT molecular complexity index is 1120. The minimum Gasteiger partial charge on any atom is -0.325 e. The molecule has 0 bridgehead atoms. The third kappa shape index (κ3) is 5.06. The standard InChI is InChI=1S/C20H15Cl2FN2O3S/c21-14-6-11-18(22)19(12-14)25(29(27,28)17-4-2-1-3-5-17)13-20(26)24-16-9-7-15(23)8-10-16/h1-12H,13H2,(H,24,26). The highest BCUT2D eigenvalue weighted by Gasteiger charge is 2.29. The number of halogens is 3. The van der Waals surface area contributed by atoms with Gasteiger partial charge in [0.05, 0.1) is 15.6 Å². The van der Waals surface area contributed by atoms with Crippen LogP contribution in [0.3, 0.4) is 0 Å². The SMILES string of the molecule is O=C(CN(c1cc(Cl)ccc1Cl)S(=O)(=O)c1ccccc1)Nc1ccc(F)cc1. The molecule has 0 saturated carbocycles. The van der Waals surface area contributed by atoms with Gasteiger partial charge in [-0.2, -0.15) is 0 Å². The van der Waals surface area contributed by atoms with E-state index < -0.39 is 28.3 Å². The minimum atomic E-state index is -4.12.